The van der Waals surface area contributed by atoms with Gasteiger partial charge in [-0.1, -0.05) is 35.7 Å². The van der Waals surface area contributed by atoms with Crippen LogP contribution in [0.15, 0.2) is 59.5 Å². The van der Waals surface area contributed by atoms with Crippen molar-refractivity contribution >= 4 is 10.0 Å². The van der Waals surface area contributed by atoms with Gasteiger partial charge in [0.05, 0.1) is 26.2 Å². The Labute approximate surface area is 195 Å². The monoisotopic (exact) mass is 465 g/mol. The molecular formula is C26H27NO5S. The van der Waals surface area contributed by atoms with E-state index in [0.717, 1.165) is 16.7 Å². The average Bonchev–Trinajstić information content (AvgIpc) is 2.83. The summed E-state index contributed by atoms with van der Waals surface area (Å²) in [6.07, 6.45) is 6.28. The number of aryl methyl sites for hydroxylation is 1. The largest absolute Gasteiger partial charge is 0.497 e. The molecule has 0 radical (unpaired) electrons. The van der Waals surface area contributed by atoms with Crippen molar-refractivity contribution in [3.05, 3.63) is 71.3 Å². The number of ether oxygens (including phenoxy) is 3. The summed E-state index contributed by atoms with van der Waals surface area (Å²) in [6, 6.07) is 15.9. The van der Waals surface area contributed by atoms with Crippen molar-refractivity contribution < 1.29 is 22.6 Å². The molecule has 0 aliphatic heterocycles. The Morgan fingerprint density at radius 3 is 2.15 bits per heavy atom. The highest BCUT2D eigenvalue weighted by molar-refractivity contribution is 7.89. The van der Waals surface area contributed by atoms with Gasteiger partial charge < -0.3 is 14.2 Å². The molecule has 0 atom stereocenters. The third-order valence-corrected chi connectivity index (χ3v) is 6.77. The molecule has 0 saturated carbocycles. The smallest absolute Gasteiger partial charge is 0.240 e. The molecule has 6 nitrogen and oxygen atoms in total. The van der Waals surface area contributed by atoms with Crippen LogP contribution in [0.25, 0.3) is 11.1 Å². The summed E-state index contributed by atoms with van der Waals surface area (Å²) < 4.78 is 44.4. The lowest BCUT2D eigenvalue weighted by molar-refractivity contribution is 0.355. The van der Waals surface area contributed by atoms with E-state index < -0.39 is 10.0 Å². The molecule has 7 heteroatoms. The zero-order chi connectivity index (χ0) is 24.0. The van der Waals surface area contributed by atoms with Gasteiger partial charge in [-0.3, -0.25) is 0 Å². The van der Waals surface area contributed by atoms with E-state index in [2.05, 4.69) is 10.6 Å². The molecule has 0 spiro atoms. The van der Waals surface area contributed by atoms with E-state index in [1.165, 1.54) is 0 Å². The van der Waals surface area contributed by atoms with Gasteiger partial charge in [0.15, 0.2) is 11.5 Å². The highest BCUT2D eigenvalue weighted by Crippen LogP contribution is 2.42. The predicted molar refractivity (Wildman–Crippen MR) is 130 cm³/mol. The second-order valence-corrected chi connectivity index (χ2v) is 9.12. The Kier molecular flexibility index (Phi) is 7.64. The third kappa shape index (κ3) is 5.30. The van der Waals surface area contributed by atoms with Crippen LogP contribution in [0, 0.1) is 19.3 Å². The predicted octanol–water partition coefficient (Wildman–Crippen LogP) is 4.19. The Morgan fingerprint density at radius 2 is 1.61 bits per heavy atom. The summed E-state index contributed by atoms with van der Waals surface area (Å²) in [5.74, 6) is 4.50. The molecule has 0 aliphatic carbocycles. The van der Waals surface area contributed by atoms with Crippen molar-refractivity contribution in [3.8, 4) is 40.7 Å². The van der Waals surface area contributed by atoms with Gasteiger partial charge in [-0.15, -0.1) is 6.42 Å². The summed E-state index contributed by atoms with van der Waals surface area (Å²) >= 11 is 0. The molecule has 0 bridgehead atoms. The normalized spacial score (nSPS) is 11.0. The van der Waals surface area contributed by atoms with Crippen LogP contribution in [0.5, 0.6) is 17.2 Å². The number of hydrogen-bond acceptors (Lipinski definition) is 5. The molecule has 3 aromatic rings. The fraction of sp³-hybridized carbons (Fsp3) is 0.231. The van der Waals surface area contributed by atoms with E-state index in [9.17, 15) is 8.42 Å². The first-order valence-corrected chi connectivity index (χ1v) is 11.8. The first-order valence-electron chi connectivity index (χ1n) is 10.3. The van der Waals surface area contributed by atoms with E-state index in [0.29, 0.717) is 34.8 Å². The van der Waals surface area contributed by atoms with Gasteiger partial charge in [0.25, 0.3) is 0 Å². The topological polar surface area (TPSA) is 73.9 Å². The van der Waals surface area contributed by atoms with Crippen LogP contribution in [-0.4, -0.2) is 36.3 Å². The number of hydrogen-bond donors (Lipinski definition) is 1. The molecule has 3 aromatic carbocycles. The van der Waals surface area contributed by atoms with Gasteiger partial charge in [0, 0.05) is 17.7 Å². The minimum Gasteiger partial charge on any atom is -0.497 e. The zero-order valence-electron chi connectivity index (χ0n) is 19.1. The fourth-order valence-corrected chi connectivity index (χ4v) is 4.60. The third-order valence-electron chi connectivity index (χ3n) is 5.29. The maximum absolute atomic E-state index is 12.7. The molecule has 1 N–H and O–H groups in total. The van der Waals surface area contributed by atoms with Crippen LogP contribution in [0.3, 0.4) is 0 Å². The second kappa shape index (κ2) is 10.4. The quantitative estimate of drug-likeness (QED) is 0.480. The standard InChI is InChI=1S/C26H27NO5S/c1-6-23-20(15-16-27-33(28,29)22-13-7-18(2)8-14-22)17-24(31-4)26(32-5)25(23)19-9-11-21(30-3)12-10-19/h1,7-14,17,27H,15-16H2,2-5H3. The number of benzene rings is 3. The first kappa shape index (κ1) is 24.2. The summed E-state index contributed by atoms with van der Waals surface area (Å²) in [4.78, 5) is 0.219. The number of sulfonamides is 1. The minimum absolute atomic E-state index is 0.169. The second-order valence-electron chi connectivity index (χ2n) is 7.35. The molecule has 0 aromatic heterocycles. The van der Waals surface area contributed by atoms with E-state index in [1.54, 1.807) is 51.7 Å². The van der Waals surface area contributed by atoms with E-state index in [-0.39, 0.29) is 11.4 Å². The molecule has 0 amide bonds. The Balaban J connectivity index is 1.96. The molecule has 0 heterocycles. The molecule has 0 fully saturated rings. The van der Waals surface area contributed by atoms with E-state index >= 15 is 0 Å². The highest BCUT2D eigenvalue weighted by Gasteiger charge is 2.21. The fourth-order valence-electron chi connectivity index (χ4n) is 3.56. The summed E-state index contributed by atoms with van der Waals surface area (Å²) in [5.41, 5.74) is 3.92. The van der Waals surface area contributed by atoms with Crippen LogP contribution in [-0.2, 0) is 16.4 Å². The van der Waals surface area contributed by atoms with Crippen LogP contribution in [0.1, 0.15) is 16.7 Å². The Hall–Kier alpha value is -3.47. The summed E-state index contributed by atoms with van der Waals surface area (Å²) in [7, 11) is 1.07. The van der Waals surface area contributed by atoms with Crippen molar-refractivity contribution in [3.63, 3.8) is 0 Å². The number of nitrogens with one attached hydrogen (secondary N) is 1. The van der Waals surface area contributed by atoms with Crippen LogP contribution in [0.4, 0.5) is 0 Å². The van der Waals surface area contributed by atoms with Crippen LogP contribution < -0.4 is 18.9 Å². The van der Waals surface area contributed by atoms with Crippen molar-refractivity contribution in [2.24, 2.45) is 0 Å². The minimum atomic E-state index is -3.64. The van der Waals surface area contributed by atoms with Crippen molar-refractivity contribution in [2.75, 3.05) is 27.9 Å². The molecule has 0 saturated heterocycles. The molecule has 3 rings (SSSR count). The van der Waals surface area contributed by atoms with Gasteiger partial charge in [0.2, 0.25) is 10.0 Å². The Morgan fingerprint density at radius 1 is 0.939 bits per heavy atom. The lowest BCUT2D eigenvalue weighted by Crippen LogP contribution is -2.26. The van der Waals surface area contributed by atoms with Gasteiger partial charge in [-0.25, -0.2) is 13.1 Å². The Bertz CT molecular complexity index is 1260. The van der Waals surface area contributed by atoms with Crippen LogP contribution in [0.2, 0.25) is 0 Å². The molecule has 0 unspecified atom stereocenters. The highest BCUT2D eigenvalue weighted by atomic mass is 32.2. The zero-order valence-corrected chi connectivity index (χ0v) is 20.0. The maximum atomic E-state index is 12.7. The summed E-state index contributed by atoms with van der Waals surface area (Å²) in [6.45, 7) is 2.07. The maximum Gasteiger partial charge on any atom is 0.240 e. The lowest BCUT2D eigenvalue weighted by Gasteiger charge is -2.19. The van der Waals surface area contributed by atoms with Gasteiger partial charge in [-0.05, 0) is 54.8 Å². The van der Waals surface area contributed by atoms with Gasteiger partial charge >= 0.3 is 0 Å². The SMILES string of the molecule is C#Cc1c(CCNS(=O)(=O)c2ccc(C)cc2)cc(OC)c(OC)c1-c1ccc(OC)cc1. The molecule has 172 valence electrons. The van der Waals surface area contributed by atoms with Gasteiger partial charge in [0.1, 0.15) is 5.75 Å². The van der Waals surface area contributed by atoms with E-state index in [1.807, 2.05) is 31.2 Å². The van der Waals surface area contributed by atoms with Gasteiger partial charge in [-0.2, -0.15) is 0 Å². The molecular weight excluding hydrogens is 438 g/mol. The van der Waals surface area contributed by atoms with Crippen molar-refractivity contribution in [1.82, 2.24) is 4.72 Å². The molecule has 33 heavy (non-hydrogen) atoms. The van der Waals surface area contributed by atoms with Crippen LogP contribution >= 0.6 is 0 Å². The number of rotatable bonds is 9. The molecule has 0 aliphatic rings. The summed E-state index contributed by atoms with van der Waals surface area (Å²) in [5, 5.41) is 0. The average molecular weight is 466 g/mol. The number of terminal acetylenes is 1. The van der Waals surface area contributed by atoms with Crippen molar-refractivity contribution in [1.29, 1.82) is 0 Å². The first-order chi connectivity index (χ1) is 15.8. The van der Waals surface area contributed by atoms with E-state index in [4.69, 9.17) is 20.6 Å². The number of methoxy groups -OCH3 is 3. The van der Waals surface area contributed by atoms with Crippen molar-refractivity contribution in [2.45, 2.75) is 18.2 Å². The lowest BCUT2D eigenvalue weighted by atomic mass is 9.92.